The molecule has 2 atom stereocenters. The summed E-state index contributed by atoms with van der Waals surface area (Å²) in [6.45, 7) is 9.40. The summed E-state index contributed by atoms with van der Waals surface area (Å²) in [6, 6.07) is 6.68. The topological polar surface area (TPSA) is 137 Å². The number of hydrogen-bond donors (Lipinski definition) is 0. The summed E-state index contributed by atoms with van der Waals surface area (Å²) in [5, 5.41) is 0. The minimum Gasteiger partial charge on any atom is -0.459 e. The van der Waals surface area contributed by atoms with Crippen molar-refractivity contribution in [3.63, 3.8) is 0 Å². The maximum atomic E-state index is 12.4. The minimum absolute atomic E-state index is 0.118. The van der Waals surface area contributed by atoms with Gasteiger partial charge in [0, 0.05) is 38.6 Å². The minimum atomic E-state index is -1.04. The highest BCUT2D eigenvalue weighted by atomic mass is 16.6. The Labute approximate surface area is 244 Å². The van der Waals surface area contributed by atoms with Gasteiger partial charge in [0.25, 0.3) is 0 Å². The second-order valence-electron chi connectivity index (χ2n) is 9.28. The van der Waals surface area contributed by atoms with Gasteiger partial charge in [0.05, 0.1) is 11.1 Å². The van der Waals surface area contributed by atoms with Gasteiger partial charge >= 0.3 is 23.9 Å². The van der Waals surface area contributed by atoms with E-state index in [0.717, 1.165) is 0 Å². The highest BCUT2D eigenvalue weighted by molar-refractivity contribution is 5.92. The number of pyridine rings is 2. The maximum absolute atomic E-state index is 12.4. The molecule has 0 aliphatic carbocycles. The van der Waals surface area contributed by atoms with Gasteiger partial charge in [-0.2, -0.15) is 0 Å². The number of hydrogen-bond acceptors (Lipinski definition) is 12. The maximum Gasteiger partial charge on any atom is 0.347 e. The molecule has 0 bridgehead atoms. The Hall–Kier alpha value is -4.74. The monoisotopic (exact) mass is 580 g/mol. The van der Waals surface area contributed by atoms with Crippen LogP contribution in [0.25, 0.3) is 0 Å². The molecule has 0 spiro atoms. The first-order chi connectivity index (χ1) is 20.2. The normalized spacial score (nSPS) is 14.9. The number of esters is 4. The van der Waals surface area contributed by atoms with E-state index in [2.05, 4.69) is 19.8 Å². The predicted octanol–water partition coefficient (Wildman–Crippen LogP) is 3.13. The second kappa shape index (κ2) is 15.9. The van der Waals surface area contributed by atoms with Gasteiger partial charge in [-0.3, -0.25) is 0 Å². The van der Waals surface area contributed by atoms with Crippen LogP contribution in [0, 0.1) is 0 Å². The molecule has 1 aliphatic heterocycles. The Bertz CT molecular complexity index is 1170. The summed E-state index contributed by atoms with van der Waals surface area (Å²) in [7, 11) is 0. The summed E-state index contributed by atoms with van der Waals surface area (Å²) >= 11 is 0. The van der Waals surface area contributed by atoms with E-state index in [1.54, 1.807) is 48.6 Å². The predicted molar refractivity (Wildman–Crippen MR) is 154 cm³/mol. The van der Waals surface area contributed by atoms with Gasteiger partial charge in [-0.15, -0.1) is 0 Å². The van der Waals surface area contributed by atoms with Crippen molar-refractivity contribution in [3.8, 4) is 0 Å². The zero-order valence-electron chi connectivity index (χ0n) is 24.2. The number of rotatable bonds is 12. The van der Waals surface area contributed by atoms with Crippen LogP contribution in [-0.2, 0) is 28.5 Å². The average Bonchev–Trinajstić information content (AvgIpc) is 3.01. The number of aromatic nitrogens is 2. The number of ether oxygens (including phenoxy) is 4. The van der Waals surface area contributed by atoms with Crippen LogP contribution in [0.5, 0.6) is 0 Å². The van der Waals surface area contributed by atoms with Gasteiger partial charge in [-0.05, 0) is 52.0 Å². The standard InChI is InChI=1S/C30H36N4O8/c1-5-7-17-39-27(35)21(3)41-29(37)23-9-11-25(31-19-23)33-13-15-34(16-14-33)26-12-10-24(20-32-26)30(38)42-22(4)28(36)40-18-8-6-2/h5-12,19-22H,13-18H2,1-4H3/b7-5+,8-6+/t21-,22-/m1/s1. The third kappa shape index (κ3) is 9.15. The lowest BCUT2D eigenvalue weighted by Crippen LogP contribution is -2.47. The number of anilines is 2. The lowest BCUT2D eigenvalue weighted by Gasteiger charge is -2.36. The van der Waals surface area contributed by atoms with E-state index in [1.165, 1.54) is 26.2 Å². The Morgan fingerprint density at radius 2 is 1.10 bits per heavy atom. The highest BCUT2D eigenvalue weighted by Crippen LogP contribution is 2.19. The van der Waals surface area contributed by atoms with E-state index >= 15 is 0 Å². The molecule has 0 aromatic carbocycles. The van der Waals surface area contributed by atoms with Crippen LogP contribution in [0.1, 0.15) is 48.4 Å². The van der Waals surface area contributed by atoms with Gasteiger partial charge in [-0.25, -0.2) is 29.1 Å². The Morgan fingerprint density at radius 3 is 1.40 bits per heavy atom. The molecule has 1 fully saturated rings. The van der Waals surface area contributed by atoms with Crippen molar-refractivity contribution in [3.05, 3.63) is 72.1 Å². The SMILES string of the molecule is C/C=C/COC(=O)[C@@H](C)OC(=O)c1ccc(N2CCN(c3ccc(C(=O)O[C@H](C)C(=O)OC/C=C/C)cn3)CC2)nc1. The van der Waals surface area contributed by atoms with E-state index in [9.17, 15) is 19.2 Å². The summed E-state index contributed by atoms with van der Waals surface area (Å²) < 4.78 is 20.4. The first-order valence-electron chi connectivity index (χ1n) is 13.6. The molecule has 12 heteroatoms. The molecule has 1 aliphatic rings. The van der Waals surface area contributed by atoms with Crippen LogP contribution in [-0.4, -0.2) is 85.4 Å². The summed E-state index contributed by atoms with van der Waals surface area (Å²) in [5.74, 6) is -1.16. The summed E-state index contributed by atoms with van der Waals surface area (Å²) in [5.41, 5.74) is 0.460. The van der Waals surface area contributed by atoms with Gasteiger partial charge in [0.2, 0.25) is 0 Å². The Morgan fingerprint density at radius 1 is 0.714 bits per heavy atom. The smallest absolute Gasteiger partial charge is 0.347 e. The number of carbonyl (C=O) groups excluding carboxylic acids is 4. The molecule has 0 N–H and O–H groups in total. The van der Waals surface area contributed by atoms with Crippen LogP contribution in [0.3, 0.4) is 0 Å². The molecule has 12 nitrogen and oxygen atoms in total. The molecule has 3 rings (SSSR count). The fourth-order valence-corrected chi connectivity index (χ4v) is 3.79. The zero-order valence-corrected chi connectivity index (χ0v) is 24.2. The van der Waals surface area contributed by atoms with Crippen LogP contribution in [0.15, 0.2) is 61.0 Å². The van der Waals surface area contributed by atoms with E-state index in [1.807, 2.05) is 13.8 Å². The van der Waals surface area contributed by atoms with Crippen LogP contribution < -0.4 is 9.80 Å². The van der Waals surface area contributed by atoms with Gasteiger partial charge < -0.3 is 28.7 Å². The number of carbonyl (C=O) groups is 4. The van der Waals surface area contributed by atoms with Gasteiger partial charge in [-0.1, -0.05) is 24.3 Å². The highest BCUT2D eigenvalue weighted by Gasteiger charge is 2.23. The summed E-state index contributed by atoms with van der Waals surface area (Å²) in [4.78, 5) is 61.6. The number of piperazine rings is 1. The fraction of sp³-hybridized carbons (Fsp3) is 0.400. The average molecular weight is 581 g/mol. The van der Waals surface area contributed by atoms with Crippen molar-refractivity contribution in [2.24, 2.45) is 0 Å². The molecular weight excluding hydrogens is 544 g/mol. The van der Waals surface area contributed by atoms with E-state index in [0.29, 0.717) is 37.8 Å². The number of allylic oxidation sites excluding steroid dienone is 2. The Kier molecular flexibility index (Phi) is 12.0. The summed E-state index contributed by atoms with van der Waals surface area (Å²) in [6.07, 6.45) is 7.63. The molecule has 0 saturated carbocycles. The quantitative estimate of drug-likeness (QED) is 0.207. The first-order valence-corrected chi connectivity index (χ1v) is 13.6. The fourth-order valence-electron chi connectivity index (χ4n) is 3.79. The van der Waals surface area contributed by atoms with Crippen molar-refractivity contribution < 1.29 is 38.1 Å². The molecule has 1 saturated heterocycles. The molecule has 0 radical (unpaired) electrons. The molecule has 0 unspecified atom stereocenters. The van der Waals surface area contributed by atoms with Crippen LogP contribution in [0.2, 0.25) is 0 Å². The molecule has 2 aromatic rings. The zero-order chi connectivity index (χ0) is 30.5. The lowest BCUT2D eigenvalue weighted by atomic mass is 10.2. The molecule has 2 aromatic heterocycles. The van der Waals surface area contributed by atoms with E-state index in [-0.39, 0.29) is 24.3 Å². The molecule has 42 heavy (non-hydrogen) atoms. The third-order valence-corrected chi connectivity index (χ3v) is 6.24. The van der Waals surface area contributed by atoms with Crippen molar-refractivity contribution in [2.75, 3.05) is 49.2 Å². The van der Waals surface area contributed by atoms with E-state index in [4.69, 9.17) is 18.9 Å². The van der Waals surface area contributed by atoms with Crippen molar-refractivity contribution >= 4 is 35.5 Å². The van der Waals surface area contributed by atoms with Gasteiger partial charge in [0.15, 0.2) is 12.2 Å². The van der Waals surface area contributed by atoms with Crippen LogP contribution in [0.4, 0.5) is 11.6 Å². The van der Waals surface area contributed by atoms with Gasteiger partial charge in [0.1, 0.15) is 24.8 Å². The molecule has 0 amide bonds. The lowest BCUT2D eigenvalue weighted by molar-refractivity contribution is -0.152. The largest absolute Gasteiger partial charge is 0.459 e. The first kappa shape index (κ1) is 31.8. The third-order valence-electron chi connectivity index (χ3n) is 6.24. The second-order valence-corrected chi connectivity index (χ2v) is 9.28. The van der Waals surface area contributed by atoms with Crippen molar-refractivity contribution in [1.29, 1.82) is 0 Å². The molecule has 224 valence electrons. The van der Waals surface area contributed by atoms with Crippen molar-refractivity contribution in [1.82, 2.24) is 9.97 Å². The van der Waals surface area contributed by atoms with Crippen molar-refractivity contribution in [2.45, 2.75) is 39.9 Å². The molecule has 3 heterocycles. The molecular formula is C30H36N4O8. The van der Waals surface area contributed by atoms with E-state index < -0.39 is 36.1 Å². The number of nitrogens with zero attached hydrogens (tertiary/aromatic N) is 4. The van der Waals surface area contributed by atoms with Crippen LogP contribution >= 0.6 is 0 Å². The Balaban J connectivity index is 1.47.